The first kappa shape index (κ1) is 11.2. The highest BCUT2D eigenvalue weighted by molar-refractivity contribution is 5.47. The Morgan fingerprint density at radius 3 is 2.69 bits per heavy atom. The molecule has 0 bridgehead atoms. The Bertz CT molecular complexity index is 378. The van der Waals surface area contributed by atoms with Crippen molar-refractivity contribution in [2.45, 2.75) is 18.6 Å². The molecule has 0 aliphatic carbocycles. The van der Waals surface area contributed by atoms with Gasteiger partial charge in [0.05, 0.1) is 17.4 Å². The van der Waals surface area contributed by atoms with Gasteiger partial charge in [-0.15, -0.1) is 0 Å². The van der Waals surface area contributed by atoms with Crippen LogP contribution in [0.3, 0.4) is 0 Å². The lowest BCUT2D eigenvalue weighted by molar-refractivity contribution is -0.137. The van der Waals surface area contributed by atoms with Crippen LogP contribution < -0.4 is 10.6 Å². The van der Waals surface area contributed by atoms with Crippen molar-refractivity contribution in [1.29, 1.82) is 0 Å². The zero-order valence-corrected chi connectivity index (χ0v) is 8.54. The van der Waals surface area contributed by atoms with Crippen molar-refractivity contribution in [3.63, 3.8) is 0 Å². The SMILES string of the molecule is N[C@H]1CCN(c2cncc(C(F)(F)F)c2)C1. The maximum Gasteiger partial charge on any atom is 0.417 e. The number of alkyl halides is 3. The first-order valence-corrected chi connectivity index (χ1v) is 4.99. The second-order valence-electron chi connectivity index (χ2n) is 3.92. The van der Waals surface area contributed by atoms with E-state index in [1.807, 2.05) is 4.90 Å². The third-order valence-electron chi connectivity index (χ3n) is 2.64. The molecular weight excluding hydrogens is 219 g/mol. The van der Waals surface area contributed by atoms with Crippen molar-refractivity contribution in [3.05, 3.63) is 24.0 Å². The van der Waals surface area contributed by atoms with Gasteiger partial charge >= 0.3 is 6.18 Å². The molecule has 6 heteroatoms. The Morgan fingerprint density at radius 2 is 2.12 bits per heavy atom. The van der Waals surface area contributed by atoms with Crippen LogP contribution in [-0.2, 0) is 6.18 Å². The maximum absolute atomic E-state index is 12.4. The predicted molar refractivity (Wildman–Crippen MR) is 54.0 cm³/mol. The predicted octanol–water partition coefficient (Wildman–Crippen LogP) is 1.64. The number of halogens is 3. The van der Waals surface area contributed by atoms with Crippen LogP contribution in [0, 0.1) is 0 Å². The van der Waals surface area contributed by atoms with Crippen molar-refractivity contribution < 1.29 is 13.2 Å². The third-order valence-corrected chi connectivity index (χ3v) is 2.64. The summed E-state index contributed by atoms with van der Waals surface area (Å²) in [6, 6.07) is 1.15. The Hall–Kier alpha value is -1.30. The fraction of sp³-hybridized carbons (Fsp3) is 0.500. The number of hydrogen-bond acceptors (Lipinski definition) is 3. The van der Waals surface area contributed by atoms with Gasteiger partial charge in [-0.05, 0) is 12.5 Å². The van der Waals surface area contributed by atoms with Crippen LogP contribution in [0.4, 0.5) is 18.9 Å². The quantitative estimate of drug-likeness (QED) is 0.798. The van der Waals surface area contributed by atoms with Gasteiger partial charge in [-0.2, -0.15) is 13.2 Å². The molecule has 2 heterocycles. The molecule has 2 N–H and O–H groups in total. The second-order valence-corrected chi connectivity index (χ2v) is 3.92. The molecule has 1 fully saturated rings. The van der Waals surface area contributed by atoms with Crippen LogP contribution in [0.2, 0.25) is 0 Å². The molecule has 1 aliphatic rings. The van der Waals surface area contributed by atoms with Gasteiger partial charge in [0, 0.05) is 25.3 Å². The van der Waals surface area contributed by atoms with E-state index in [1.54, 1.807) is 0 Å². The Balaban J connectivity index is 2.23. The summed E-state index contributed by atoms with van der Waals surface area (Å²) in [5, 5.41) is 0. The monoisotopic (exact) mass is 231 g/mol. The number of aromatic nitrogens is 1. The lowest BCUT2D eigenvalue weighted by Gasteiger charge is -2.18. The third kappa shape index (κ3) is 2.27. The van der Waals surface area contributed by atoms with E-state index in [4.69, 9.17) is 5.73 Å². The van der Waals surface area contributed by atoms with E-state index in [-0.39, 0.29) is 6.04 Å². The molecule has 0 spiro atoms. The molecule has 1 aromatic rings. The summed E-state index contributed by atoms with van der Waals surface area (Å²) in [6.07, 6.45) is -1.27. The average Bonchev–Trinajstić information content (AvgIpc) is 2.64. The number of anilines is 1. The van der Waals surface area contributed by atoms with Gasteiger partial charge in [-0.3, -0.25) is 4.98 Å². The van der Waals surface area contributed by atoms with Gasteiger partial charge in [-0.1, -0.05) is 0 Å². The van der Waals surface area contributed by atoms with Crippen LogP contribution in [-0.4, -0.2) is 24.1 Å². The zero-order valence-electron chi connectivity index (χ0n) is 8.54. The average molecular weight is 231 g/mol. The van der Waals surface area contributed by atoms with E-state index in [9.17, 15) is 13.2 Å². The number of hydrogen-bond donors (Lipinski definition) is 1. The fourth-order valence-corrected chi connectivity index (χ4v) is 1.78. The molecule has 1 saturated heterocycles. The van der Waals surface area contributed by atoms with Gasteiger partial charge in [0.15, 0.2) is 0 Å². The lowest BCUT2D eigenvalue weighted by Crippen LogP contribution is -2.26. The first-order valence-electron chi connectivity index (χ1n) is 4.99. The van der Waals surface area contributed by atoms with Crippen molar-refractivity contribution in [2.24, 2.45) is 5.73 Å². The molecule has 1 aromatic heterocycles. The van der Waals surface area contributed by atoms with E-state index in [2.05, 4.69) is 4.98 Å². The second kappa shape index (κ2) is 3.93. The molecule has 0 unspecified atom stereocenters. The summed E-state index contributed by atoms with van der Waals surface area (Å²) in [4.78, 5) is 5.44. The Kier molecular flexibility index (Phi) is 2.75. The van der Waals surface area contributed by atoms with Gasteiger partial charge in [-0.25, -0.2) is 0 Å². The van der Waals surface area contributed by atoms with Crippen LogP contribution in [0.15, 0.2) is 18.5 Å². The lowest BCUT2D eigenvalue weighted by atomic mass is 10.2. The fourth-order valence-electron chi connectivity index (χ4n) is 1.78. The molecule has 0 saturated carbocycles. The zero-order chi connectivity index (χ0) is 11.8. The highest BCUT2D eigenvalue weighted by Crippen LogP contribution is 2.31. The summed E-state index contributed by atoms with van der Waals surface area (Å²) in [5.41, 5.74) is 5.47. The van der Waals surface area contributed by atoms with Gasteiger partial charge in [0.25, 0.3) is 0 Å². The minimum atomic E-state index is -4.34. The smallest absolute Gasteiger partial charge is 0.369 e. The minimum absolute atomic E-state index is 0.0366. The molecule has 2 rings (SSSR count). The standard InChI is InChI=1S/C10H12F3N3/c11-10(12,13)7-3-9(5-15-4-7)16-2-1-8(14)6-16/h3-5,8H,1-2,6,14H2/t8-/m0/s1. The molecule has 0 aromatic carbocycles. The van der Waals surface area contributed by atoms with E-state index >= 15 is 0 Å². The van der Waals surface area contributed by atoms with Crippen molar-refractivity contribution in [3.8, 4) is 0 Å². The van der Waals surface area contributed by atoms with Crippen molar-refractivity contribution in [2.75, 3.05) is 18.0 Å². The number of nitrogens with two attached hydrogens (primary N) is 1. The molecule has 1 atom stereocenters. The normalized spacial score (nSPS) is 21.5. The highest BCUT2D eigenvalue weighted by atomic mass is 19.4. The van der Waals surface area contributed by atoms with E-state index in [0.717, 1.165) is 18.7 Å². The Morgan fingerprint density at radius 1 is 1.38 bits per heavy atom. The number of nitrogens with zero attached hydrogens (tertiary/aromatic N) is 2. The summed E-state index contributed by atoms with van der Waals surface area (Å²) in [5.74, 6) is 0. The molecule has 16 heavy (non-hydrogen) atoms. The number of rotatable bonds is 1. The first-order chi connectivity index (χ1) is 7.47. The summed E-state index contributed by atoms with van der Waals surface area (Å²) in [7, 11) is 0. The van der Waals surface area contributed by atoms with E-state index in [0.29, 0.717) is 18.8 Å². The topological polar surface area (TPSA) is 42.1 Å². The van der Waals surface area contributed by atoms with Crippen molar-refractivity contribution >= 4 is 5.69 Å². The highest BCUT2D eigenvalue weighted by Gasteiger charge is 2.32. The van der Waals surface area contributed by atoms with Gasteiger partial charge < -0.3 is 10.6 Å². The number of pyridine rings is 1. The van der Waals surface area contributed by atoms with Crippen LogP contribution in [0.1, 0.15) is 12.0 Å². The molecular formula is C10H12F3N3. The molecule has 0 radical (unpaired) electrons. The minimum Gasteiger partial charge on any atom is -0.369 e. The van der Waals surface area contributed by atoms with Crippen LogP contribution in [0.5, 0.6) is 0 Å². The molecule has 88 valence electrons. The van der Waals surface area contributed by atoms with E-state index < -0.39 is 11.7 Å². The summed E-state index contributed by atoms with van der Waals surface area (Å²) < 4.78 is 37.3. The van der Waals surface area contributed by atoms with Crippen LogP contribution >= 0.6 is 0 Å². The molecule has 0 amide bonds. The summed E-state index contributed by atoms with van der Waals surface area (Å²) in [6.45, 7) is 1.27. The van der Waals surface area contributed by atoms with Crippen molar-refractivity contribution in [1.82, 2.24) is 4.98 Å². The van der Waals surface area contributed by atoms with E-state index in [1.165, 1.54) is 6.20 Å². The molecule has 3 nitrogen and oxygen atoms in total. The Labute approximate surface area is 91.1 Å². The largest absolute Gasteiger partial charge is 0.417 e. The van der Waals surface area contributed by atoms with Gasteiger partial charge in [0.2, 0.25) is 0 Å². The summed E-state index contributed by atoms with van der Waals surface area (Å²) >= 11 is 0. The maximum atomic E-state index is 12.4. The van der Waals surface area contributed by atoms with Crippen LogP contribution in [0.25, 0.3) is 0 Å². The molecule has 1 aliphatic heterocycles. The van der Waals surface area contributed by atoms with Gasteiger partial charge in [0.1, 0.15) is 0 Å².